The molecule has 92 valence electrons. The number of nitriles is 1. The number of rotatable bonds is 6. The lowest BCUT2D eigenvalue weighted by Crippen LogP contribution is -2.30. The Bertz CT molecular complexity index is 396. The first-order valence-electron chi connectivity index (χ1n) is 6.00. The summed E-state index contributed by atoms with van der Waals surface area (Å²) in [6, 6.07) is 8.70. The zero-order valence-corrected chi connectivity index (χ0v) is 11.6. The second-order valence-electron chi connectivity index (χ2n) is 4.19. The highest BCUT2D eigenvalue weighted by Gasteiger charge is 2.06. The van der Waals surface area contributed by atoms with Crippen molar-refractivity contribution in [3.63, 3.8) is 0 Å². The Morgan fingerprint density at radius 1 is 1.35 bits per heavy atom. The first kappa shape index (κ1) is 14.1. The molecule has 1 unspecified atom stereocenters. The predicted molar refractivity (Wildman–Crippen MR) is 74.3 cm³/mol. The SMILES string of the molecule is CCCNC(C#N)CSc1ccc(C)c(C)c1. The van der Waals surface area contributed by atoms with E-state index in [0.717, 1.165) is 18.7 Å². The van der Waals surface area contributed by atoms with Crippen LogP contribution >= 0.6 is 11.8 Å². The molecule has 1 N–H and O–H groups in total. The van der Waals surface area contributed by atoms with Crippen LogP contribution in [0.15, 0.2) is 23.1 Å². The average molecular weight is 248 g/mol. The molecular formula is C14H20N2S. The molecule has 0 spiro atoms. The molecule has 17 heavy (non-hydrogen) atoms. The molecule has 0 saturated heterocycles. The summed E-state index contributed by atoms with van der Waals surface area (Å²) in [7, 11) is 0. The van der Waals surface area contributed by atoms with E-state index in [0.29, 0.717) is 0 Å². The van der Waals surface area contributed by atoms with Crippen LogP contribution in [0.25, 0.3) is 0 Å². The molecule has 0 fully saturated rings. The summed E-state index contributed by atoms with van der Waals surface area (Å²) in [5, 5.41) is 12.2. The van der Waals surface area contributed by atoms with E-state index in [2.05, 4.69) is 50.4 Å². The minimum absolute atomic E-state index is 0.0541. The quantitative estimate of drug-likeness (QED) is 0.785. The van der Waals surface area contributed by atoms with E-state index in [1.54, 1.807) is 11.8 Å². The summed E-state index contributed by atoms with van der Waals surface area (Å²) in [4.78, 5) is 1.24. The normalized spacial score (nSPS) is 12.1. The first-order chi connectivity index (χ1) is 8.17. The van der Waals surface area contributed by atoms with E-state index in [1.165, 1.54) is 16.0 Å². The highest BCUT2D eigenvalue weighted by molar-refractivity contribution is 7.99. The van der Waals surface area contributed by atoms with Crippen molar-refractivity contribution < 1.29 is 0 Å². The minimum atomic E-state index is -0.0541. The molecular weight excluding hydrogens is 228 g/mol. The van der Waals surface area contributed by atoms with Gasteiger partial charge in [0, 0.05) is 10.6 Å². The van der Waals surface area contributed by atoms with Crippen molar-refractivity contribution >= 4 is 11.8 Å². The van der Waals surface area contributed by atoms with Crippen molar-refractivity contribution in [3.8, 4) is 6.07 Å². The van der Waals surface area contributed by atoms with Crippen molar-refractivity contribution in [1.29, 1.82) is 5.26 Å². The number of nitrogens with one attached hydrogen (secondary N) is 1. The average Bonchev–Trinajstić information content (AvgIpc) is 2.34. The lowest BCUT2D eigenvalue weighted by Gasteiger charge is -2.10. The number of thioether (sulfide) groups is 1. The summed E-state index contributed by atoms with van der Waals surface area (Å²) >= 11 is 1.74. The van der Waals surface area contributed by atoms with Gasteiger partial charge in [0.1, 0.15) is 6.04 Å². The maximum absolute atomic E-state index is 9.00. The fourth-order valence-electron chi connectivity index (χ4n) is 1.44. The van der Waals surface area contributed by atoms with Crippen LogP contribution < -0.4 is 5.32 Å². The third-order valence-corrected chi connectivity index (χ3v) is 3.78. The third-order valence-electron chi connectivity index (χ3n) is 2.69. The second kappa shape index (κ2) is 7.37. The van der Waals surface area contributed by atoms with E-state index in [-0.39, 0.29) is 6.04 Å². The van der Waals surface area contributed by atoms with Crippen LogP contribution in [0.1, 0.15) is 24.5 Å². The van der Waals surface area contributed by atoms with Gasteiger partial charge in [0.2, 0.25) is 0 Å². The van der Waals surface area contributed by atoms with Gasteiger partial charge in [0.15, 0.2) is 0 Å². The number of hydrogen-bond acceptors (Lipinski definition) is 3. The molecule has 0 amide bonds. The van der Waals surface area contributed by atoms with Gasteiger partial charge in [-0.05, 0) is 50.1 Å². The van der Waals surface area contributed by atoms with Crippen molar-refractivity contribution in [3.05, 3.63) is 29.3 Å². The van der Waals surface area contributed by atoms with Gasteiger partial charge >= 0.3 is 0 Å². The molecule has 1 aromatic carbocycles. The van der Waals surface area contributed by atoms with Crippen LogP contribution in [-0.4, -0.2) is 18.3 Å². The Morgan fingerprint density at radius 2 is 2.12 bits per heavy atom. The van der Waals surface area contributed by atoms with E-state index >= 15 is 0 Å². The van der Waals surface area contributed by atoms with E-state index < -0.39 is 0 Å². The minimum Gasteiger partial charge on any atom is -0.301 e. The molecule has 1 atom stereocenters. The molecule has 0 heterocycles. The van der Waals surface area contributed by atoms with Gasteiger partial charge in [-0.3, -0.25) is 0 Å². The van der Waals surface area contributed by atoms with Crippen molar-refractivity contribution in [2.24, 2.45) is 0 Å². The van der Waals surface area contributed by atoms with Crippen LogP contribution in [0.4, 0.5) is 0 Å². The Kier molecular flexibility index (Phi) is 6.10. The maximum atomic E-state index is 9.00. The molecule has 0 aliphatic carbocycles. The zero-order chi connectivity index (χ0) is 12.7. The van der Waals surface area contributed by atoms with Gasteiger partial charge in [-0.2, -0.15) is 5.26 Å². The van der Waals surface area contributed by atoms with Crippen LogP contribution in [0.3, 0.4) is 0 Å². The summed E-state index contributed by atoms with van der Waals surface area (Å²) in [5.74, 6) is 0.805. The lowest BCUT2D eigenvalue weighted by molar-refractivity contribution is 0.637. The standard InChI is InChI=1S/C14H20N2S/c1-4-7-16-13(9-15)10-17-14-6-5-11(2)12(3)8-14/h5-6,8,13,16H,4,7,10H2,1-3H3. The first-order valence-corrected chi connectivity index (χ1v) is 6.99. The number of nitrogens with zero attached hydrogens (tertiary/aromatic N) is 1. The van der Waals surface area contributed by atoms with Crippen LogP contribution in [-0.2, 0) is 0 Å². The van der Waals surface area contributed by atoms with E-state index in [4.69, 9.17) is 5.26 Å². The summed E-state index contributed by atoms with van der Waals surface area (Å²) in [6.07, 6.45) is 1.06. The molecule has 2 nitrogen and oxygen atoms in total. The molecule has 0 saturated carbocycles. The highest BCUT2D eigenvalue weighted by Crippen LogP contribution is 2.21. The smallest absolute Gasteiger partial charge is 0.105 e. The second-order valence-corrected chi connectivity index (χ2v) is 5.29. The van der Waals surface area contributed by atoms with Crippen LogP contribution in [0, 0.1) is 25.2 Å². The Balaban J connectivity index is 2.48. The zero-order valence-electron chi connectivity index (χ0n) is 10.8. The van der Waals surface area contributed by atoms with E-state index in [1.807, 2.05) is 0 Å². The predicted octanol–water partition coefficient (Wildman–Crippen LogP) is 3.29. The molecule has 0 radical (unpaired) electrons. The van der Waals surface area contributed by atoms with Gasteiger partial charge in [-0.15, -0.1) is 11.8 Å². The molecule has 1 aromatic rings. The van der Waals surface area contributed by atoms with Gasteiger partial charge in [0.25, 0.3) is 0 Å². The van der Waals surface area contributed by atoms with Crippen LogP contribution in [0.5, 0.6) is 0 Å². The number of hydrogen-bond donors (Lipinski definition) is 1. The largest absolute Gasteiger partial charge is 0.301 e. The maximum Gasteiger partial charge on any atom is 0.105 e. The summed E-state index contributed by atoms with van der Waals surface area (Å²) < 4.78 is 0. The van der Waals surface area contributed by atoms with Gasteiger partial charge < -0.3 is 5.32 Å². The number of aryl methyl sites for hydroxylation is 2. The highest BCUT2D eigenvalue weighted by atomic mass is 32.2. The molecule has 0 aliphatic rings. The Labute approximate surface area is 108 Å². The van der Waals surface area contributed by atoms with Crippen LogP contribution in [0.2, 0.25) is 0 Å². The van der Waals surface area contributed by atoms with Gasteiger partial charge in [-0.1, -0.05) is 13.0 Å². The number of benzene rings is 1. The van der Waals surface area contributed by atoms with Crippen molar-refractivity contribution in [2.45, 2.75) is 38.1 Å². The molecule has 1 rings (SSSR count). The fraction of sp³-hybridized carbons (Fsp3) is 0.500. The van der Waals surface area contributed by atoms with E-state index in [9.17, 15) is 0 Å². The van der Waals surface area contributed by atoms with Gasteiger partial charge in [-0.25, -0.2) is 0 Å². The molecule has 0 aromatic heterocycles. The summed E-state index contributed by atoms with van der Waals surface area (Å²) in [6.45, 7) is 7.25. The molecule has 0 bridgehead atoms. The van der Waals surface area contributed by atoms with Crippen molar-refractivity contribution in [2.75, 3.05) is 12.3 Å². The Hall–Kier alpha value is -0.980. The third kappa shape index (κ3) is 4.80. The van der Waals surface area contributed by atoms with Gasteiger partial charge in [0.05, 0.1) is 6.07 Å². The molecule has 0 aliphatic heterocycles. The molecule has 3 heteroatoms. The monoisotopic (exact) mass is 248 g/mol. The topological polar surface area (TPSA) is 35.8 Å². The fourth-order valence-corrected chi connectivity index (χ4v) is 2.42. The van der Waals surface area contributed by atoms with Crippen molar-refractivity contribution in [1.82, 2.24) is 5.32 Å². The Morgan fingerprint density at radius 3 is 2.71 bits per heavy atom. The summed E-state index contributed by atoms with van der Waals surface area (Å²) in [5.41, 5.74) is 2.63. The lowest BCUT2D eigenvalue weighted by atomic mass is 10.1.